The Morgan fingerprint density at radius 1 is 1.07 bits per heavy atom. The molecule has 1 amide bonds. The second-order valence-corrected chi connectivity index (χ2v) is 8.78. The third-order valence-corrected chi connectivity index (χ3v) is 6.13. The van der Waals surface area contributed by atoms with Gasteiger partial charge in [0.05, 0.1) is 31.3 Å². The minimum atomic E-state index is 0.0511. The van der Waals surface area contributed by atoms with Gasteiger partial charge in [0.25, 0.3) is 0 Å². The number of hydrogen-bond acceptors (Lipinski definition) is 6. The quantitative estimate of drug-likeness (QED) is 0.755. The fourth-order valence-electron chi connectivity index (χ4n) is 4.77. The van der Waals surface area contributed by atoms with Crippen LogP contribution in [0.4, 0.5) is 5.69 Å². The number of nitrogens with one attached hydrogen (secondary N) is 1. The molecule has 3 aliphatic heterocycles. The van der Waals surface area contributed by atoms with E-state index < -0.39 is 0 Å². The van der Waals surface area contributed by atoms with Crippen LogP contribution in [0.25, 0.3) is 0 Å². The van der Waals surface area contributed by atoms with Crippen LogP contribution in [0.1, 0.15) is 32.3 Å². The highest BCUT2D eigenvalue weighted by Gasteiger charge is 2.27. The fraction of sp³-hybridized carbons (Fsp3) is 0.696. The van der Waals surface area contributed by atoms with Crippen LogP contribution >= 0.6 is 0 Å². The van der Waals surface area contributed by atoms with E-state index in [1.54, 1.807) is 0 Å². The number of morpholine rings is 1. The van der Waals surface area contributed by atoms with Gasteiger partial charge in [-0.2, -0.15) is 0 Å². The molecule has 0 aromatic heterocycles. The lowest BCUT2D eigenvalue weighted by Gasteiger charge is -2.37. The van der Waals surface area contributed by atoms with Crippen molar-refractivity contribution in [3.63, 3.8) is 0 Å². The van der Waals surface area contributed by atoms with Crippen LogP contribution in [0, 0.1) is 5.92 Å². The van der Waals surface area contributed by atoms with Crippen LogP contribution in [0.5, 0.6) is 5.75 Å². The van der Waals surface area contributed by atoms with Crippen LogP contribution < -0.4 is 15.0 Å². The second-order valence-electron chi connectivity index (χ2n) is 8.78. The standard InChI is InChI=1S/C23H35N3O4/c1-17-13-26(14-18(2)30-17)21-5-6-22-20(12-21)16-25-8-3-4-19(15-25)23(27)24-7-9-28-10-11-29-22/h5-6,12,17-19H,3-4,7-11,13-16H2,1-2H3,(H,24,27). The van der Waals surface area contributed by atoms with Crippen molar-refractivity contribution in [2.24, 2.45) is 5.92 Å². The number of benzene rings is 1. The second kappa shape index (κ2) is 9.98. The van der Waals surface area contributed by atoms with Crippen molar-refractivity contribution in [1.82, 2.24) is 10.2 Å². The highest BCUT2D eigenvalue weighted by atomic mass is 16.5. The lowest BCUT2D eigenvalue weighted by molar-refractivity contribution is -0.127. The van der Waals surface area contributed by atoms with E-state index in [0.717, 1.165) is 51.3 Å². The number of carbonyl (C=O) groups excluding carboxylic acids is 1. The van der Waals surface area contributed by atoms with Gasteiger partial charge in [0.15, 0.2) is 0 Å². The van der Waals surface area contributed by atoms with Crippen molar-refractivity contribution in [1.29, 1.82) is 0 Å². The summed E-state index contributed by atoms with van der Waals surface area (Å²) in [4.78, 5) is 17.3. The summed E-state index contributed by atoms with van der Waals surface area (Å²) in [5.41, 5.74) is 2.39. The van der Waals surface area contributed by atoms with Gasteiger partial charge in [-0.05, 0) is 51.4 Å². The summed E-state index contributed by atoms with van der Waals surface area (Å²) in [6.07, 6.45) is 2.44. The molecule has 7 heteroatoms. The normalized spacial score (nSPS) is 31.1. The number of ether oxygens (including phenoxy) is 3. The molecule has 7 nitrogen and oxygen atoms in total. The molecule has 0 spiro atoms. The smallest absolute Gasteiger partial charge is 0.224 e. The third kappa shape index (κ3) is 5.45. The number of amides is 1. The van der Waals surface area contributed by atoms with E-state index in [1.807, 2.05) is 0 Å². The van der Waals surface area contributed by atoms with Gasteiger partial charge in [-0.25, -0.2) is 0 Å². The average molecular weight is 418 g/mol. The molecule has 2 saturated heterocycles. The van der Waals surface area contributed by atoms with E-state index in [1.165, 1.54) is 11.3 Å². The zero-order valence-corrected chi connectivity index (χ0v) is 18.3. The van der Waals surface area contributed by atoms with Gasteiger partial charge in [0, 0.05) is 44.0 Å². The summed E-state index contributed by atoms with van der Waals surface area (Å²) in [5.74, 6) is 1.12. The molecule has 0 aliphatic carbocycles. The van der Waals surface area contributed by atoms with E-state index in [-0.39, 0.29) is 24.0 Å². The van der Waals surface area contributed by atoms with Crippen LogP contribution in [0.2, 0.25) is 0 Å². The predicted molar refractivity (Wildman–Crippen MR) is 116 cm³/mol. The lowest BCUT2D eigenvalue weighted by atomic mass is 9.96. The van der Waals surface area contributed by atoms with Crippen LogP contribution in [-0.2, 0) is 20.8 Å². The first kappa shape index (κ1) is 21.4. The SMILES string of the molecule is CC1CN(c2ccc3c(c2)CN2CCCC(C2)C(=O)NCCOCCO3)CC(C)O1. The van der Waals surface area contributed by atoms with Crippen molar-refractivity contribution in [3.05, 3.63) is 23.8 Å². The Morgan fingerprint density at radius 2 is 1.90 bits per heavy atom. The van der Waals surface area contributed by atoms with Gasteiger partial charge in [-0.3, -0.25) is 9.69 Å². The van der Waals surface area contributed by atoms with Crippen molar-refractivity contribution < 1.29 is 19.0 Å². The summed E-state index contributed by atoms with van der Waals surface area (Å²) < 4.78 is 17.6. The third-order valence-electron chi connectivity index (χ3n) is 6.13. The van der Waals surface area contributed by atoms with E-state index >= 15 is 0 Å². The molecule has 30 heavy (non-hydrogen) atoms. The van der Waals surface area contributed by atoms with Gasteiger partial charge < -0.3 is 24.4 Å². The van der Waals surface area contributed by atoms with Crippen LogP contribution in [-0.4, -0.2) is 75.6 Å². The van der Waals surface area contributed by atoms with E-state index in [9.17, 15) is 4.79 Å². The zero-order valence-electron chi connectivity index (χ0n) is 18.3. The maximum Gasteiger partial charge on any atom is 0.224 e. The van der Waals surface area contributed by atoms with Crippen molar-refractivity contribution in [3.8, 4) is 5.75 Å². The zero-order chi connectivity index (χ0) is 20.9. The molecule has 0 saturated carbocycles. The lowest BCUT2D eigenvalue weighted by Crippen LogP contribution is -2.45. The van der Waals surface area contributed by atoms with Crippen molar-refractivity contribution in [2.75, 3.05) is 57.4 Å². The van der Waals surface area contributed by atoms with Crippen LogP contribution in [0.3, 0.4) is 0 Å². The van der Waals surface area contributed by atoms with Gasteiger partial charge in [-0.1, -0.05) is 0 Å². The number of rotatable bonds is 1. The molecule has 4 unspecified atom stereocenters. The summed E-state index contributed by atoms with van der Waals surface area (Å²) in [7, 11) is 0. The number of piperidine rings is 1. The van der Waals surface area contributed by atoms with Crippen molar-refractivity contribution >= 4 is 11.6 Å². The number of carbonyl (C=O) groups is 1. The largest absolute Gasteiger partial charge is 0.491 e. The van der Waals surface area contributed by atoms with E-state index in [4.69, 9.17) is 14.2 Å². The first-order valence-electron chi connectivity index (χ1n) is 11.3. The molecule has 166 valence electrons. The minimum Gasteiger partial charge on any atom is -0.491 e. The number of hydrogen-bond donors (Lipinski definition) is 1. The molecular formula is C23H35N3O4. The topological polar surface area (TPSA) is 63.3 Å². The van der Waals surface area contributed by atoms with Crippen LogP contribution in [0.15, 0.2) is 18.2 Å². The number of fused-ring (bicyclic) bond motifs is 3. The summed E-state index contributed by atoms with van der Waals surface area (Å²) in [6, 6.07) is 6.51. The molecule has 2 fully saturated rings. The highest BCUT2D eigenvalue weighted by Crippen LogP contribution is 2.30. The molecular weight excluding hydrogens is 382 g/mol. The Labute approximate surface area is 179 Å². The first-order chi connectivity index (χ1) is 14.6. The Kier molecular flexibility index (Phi) is 7.12. The Hall–Kier alpha value is -1.83. The summed E-state index contributed by atoms with van der Waals surface area (Å²) >= 11 is 0. The molecule has 4 rings (SSSR count). The molecule has 1 aromatic carbocycles. The van der Waals surface area contributed by atoms with Crippen molar-refractivity contribution in [2.45, 2.75) is 45.4 Å². The molecule has 4 atom stereocenters. The fourth-order valence-corrected chi connectivity index (χ4v) is 4.77. The first-order valence-corrected chi connectivity index (χ1v) is 11.3. The Morgan fingerprint density at radius 3 is 2.73 bits per heavy atom. The van der Waals surface area contributed by atoms with Gasteiger partial charge >= 0.3 is 0 Å². The predicted octanol–water partition coefficient (Wildman–Crippen LogP) is 2.04. The van der Waals surface area contributed by atoms with E-state index in [0.29, 0.717) is 26.4 Å². The van der Waals surface area contributed by atoms with Gasteiger partial charge in [0.2, 0.25) is 5.91 Å². The van der Waals surface area contributed by atoms with E-state index in [2.05, 4.69) is 47.2 Å². The summed E-state index contributed by atoms with van der Waals surface area (Å²) in [5, 5.41) is 3.02. The average Bonchev–Trinajstić information content (AvgIpc) is 2.72. The summed E-state index contributed by atoms with van der Waals surface area (Å²) in [6.45, 7) is 10.8. The molecule has 2 bridgehead atoms. The van der Waals surface area contributed by atoms with Gasteiger partial charge in [-0.15, -0.1) is 0 Å². The monoisotopic (exact) mass is 417 g/mol. The molecule has 3 heterocycles. The number of anilines is 1. The molecule has 1 N–H and O–H groups in total. The minimum absolute atomic E-state index is 0.0511. The number of nitrogens with zero attached hydrogens (tertiary/aromatic N) is 2. The van der Waals surface area contributed by atoms with Gasteiger partial charge in [0.1, 0.15) is 12.4 Å². The maximum absolute atomic E-state index is 12.5. The molecule has 3 aliphatic rings. The maximum atomic E-state index is 12.5. The highest BCUT2D eigenvalue weighted by molar-refractivity contribution is 5.78. The molecule has 0 radical (unpaired) electrons. The Bertz CT molecular complexity index is 718. The molecule has 1 aromatic rings. The Balaban J connectivity index is 1.56.